The number of fused-ring (bicyclic) bond motifs is 2. The van der Waals surface area contributed by atoms with E-state index in [1.54, 1.807) is 31.2 Å². The van der Waals surface area contributed by atoms with Gasteiger partial charge in [-0.25, -0.2) is 8.42 Å². The molecule has 0 saturated heterocycles. The molecule has 8 heteroatoms. The van der Waals surface area contributed by atoms with Crippen LogP contribution in [0.25, 0.3) is 5.70 Å². The Bertz CT molecular complexity index is 1220. The van der Waals surface area contributed by atoms with Crippen LogP contribution in [0.2, 0.25) is 0 Å². The van der Waals surface area contributed by atoms with Crippen molar-refractivity contribution in [3.05, 3.63) is 85.9 Å². The number of nitro groups is 1. The van der Waals surface area contributed by atoms with Crippen LogP contribution in [0.5, 0.6) is 0 Å². The van der Waals surface area contributed by atoms with E-state index in [2.05, 4.69) is 11.4 Å². The summed E-state index contributed by atoms with van der Waals surface area (Å²) < 4.78 is 26.5. The second-order valence-corrected chi connectivity index (χ2v) is 8.19. The third-order valence-corrected chi connectivity index (χ3v) is 6.74. The van der Waals surface area contributed by atoms with Crippen LogP contribution in [-0.4, -0.2) is 13.3 Å². The molecule has 2 aromatic carbocycles. The summed E-state index contributed by atoms with van der Waals surface area (Å²) in [5.41, 5.74) is 1.96. The lowest BCUT2D eigenvalue weighted by molar-refractivity contribution is -0.384. The maximum atomic E-state index is 13.2. The van der Waals surface area contributed by atoms with Gasteiger partial charge in [-0.3, -0.25) is 10.1 Å². The molecule has 0 radical (unpaired) electrons. The summed E-state index contributed by atoms with van der Waals surface area (Å²) in [4.78, 5) is 10.9. The van der Waals surface area contributed by atoms with E-state index in [-0.39, 0.29) is 21.1 Å². The molecule has 0 saturated carbocycles. The number of non-ortho nitro benzene ring substituents is 1. The Hall–Kier alpha value is -3.44. The van der Waals surface area contributed by atoms with E-state index in [1.807, 2.05) is 0 Å². The number of nitriles is 1. The molecule has 1 N–H and O–H groups in total. The summed E-state index contributed by atoms with van der Waals surface area (Å²) in [5, 5.41) is 23.9. The molecule has 7 nitrogen and oxygen atoms in total. The number of hydrogen-bond acceptors (Lipinski definition) is 6. The lowest BCUT2D eigenvalue weighted by atomic mass is 9.86. The lowest BCUT2D eigenvalue weighted by Gasteiger charge is -2.26. The van der Waals surface area contributed by atoms with Crippen LogP contribution in [0, 0.1) is 21.4 Å². The summed E-state index contributed by atoms with van der Waals surface area (Å²) in [5.74, 6) is -0.899. The highest BCUT2D eigenvalue weighted by molar-refractivity contribution is 7.96. The second-order valence-electron chi connectivity index (χ2n) is 6.30. The van der Waals surface area contributed by atoms with E-state index in [1.165, 1.54) is 24.3 Å². The molecular formula is C19H13N3O4S. The van der Waals surface area contributed by atoms with Crippen LogP contribution in [-0.2, 0) is 9.84 Å². The predicted molar refractivity (Wildman–Crippen MR) is 97.8 cm³/mol. The molecule has 2 aliphatic heterocycles. The van der Waals surface area contributed by atoms with Crippen molar-refractivity contribution >= 4 is 21.2 Å². The normalized spacial score (nSPS) is 19.8. The van der Waals surface area contributed by atoms with Crippen molar-refractivity contribution in [3.63, 3.8) is 0 Å². The molecule has 0 unspecified atom stereocenters. The van der Waals surface area contributed by atoms with Gasteiger partial charge >= 0.3 is 0 Å². The first-order valence-electron chi connectivity index (χ1n) is 8.07. The van der Waals surface area contributed by atoms with E-state index >= 15 is 0 Å². The number of dihydropyridines is 1. The molecule has 0 aromatic heterocycles. The van der Waals surface area contributed by atoms with Gasteiger partial charge in [0, 0.05) is 23.4 Å². The van der Waals surface area contributed by atoms with E-state index in [0.717, 1.165) is 0 Å². The summed E-state index contributed by atoms with van der Waals surface area (Å²) in [6.07, 6.45) is 0. The number of nitrogens with one attached hydrogen (secondary N) is 1. The van der Waals surface area contributed by atoms with E-state index < -0.39 is 20.7 Å². The Morgan fingerprint density at radius 2 is 1.93 bits per heavy atom. The quantitative estimate of drug-likeness (QED) is 0.633. The molecule has 2 heterocycles. The minimum Gasteiger partial charge on any atom is -0.357 e. The smallest absolute Gasteiger partial charge is 0.269 e. The van der Waals surface area contributed by atoms with Crippen molar-refractivity contribution in [1.82, 2.24) is 5.32 Å². The minimum absolute atomic E-state index is 0.0614. The zero-order valence-electron chi connectivity index (χ0n) is 14.1. The van der Waals surface area contributed by atoms with Gasteiger partial charge in [-0.2, -0.15) is 5.26 Å². The molecule has 1 atom stereocenters. The Balaban J connectivity index is 2.02. The van der Waals surface area contributed by atoms with Crippen LogP contribution >= 0.6 is 0 Å². The van der Waals surface area contributed by atoms with E-state index in [9.17, 15) is 23.8 Å². The van der Waals surface area contributed by atoms with Crippen molar-refractivity contribution in [3.8, 4) is 6.07 Å². The zero-order valence-corrected chi connectivity index (χ0v) is 14.9. The van der Waals surface area contributed by atoms with Gasteiger partial charge in [-0.05, 0) is 18.6 Å². The first kappa shape index (κ1) is 17.0. The van der Waals surface area contributed by atoms with Gasteiger partial charge in [0.2, 0.25) is 9.84 Å². The molecular weight excluding hydrogens is 366 g/mol. The van der Waals surface area contributed by atoms with Crippen molar-refractivity contribution in [2.75, 3.05) is 0 Å². The molecule has 27 heavy (non-hydrogen) atoms. The molecule has 134 valence electrons. The molecule has 0 spiro atoms. The number of rotatable bonds is 2. The zero-order chi connectivity index (χ0) is 19.3. The Kier molecular flexibility index (Phi) is 3.64. The maximum absolute atomic E-state index is 13.2. The first-order valence-corrected chi connectivity index (χ1v) is 9.55. The topological polar surface area (TPSA) is 113 Å². The Morgan fingerprint density at radius 1 is 1.19 bits per heavy atom. The molecule has 0 amide bonds. The Labute approximate surface area is 155 Å². The van der Waals surface area contributed by atoms with Crippen LogP contribution in [0.4, 0.5) is 5.69 Å². The third kappa shape index (κ3) is 2.36. The van der Waals surface area contributed by atoms with E-state index in [0.29, 0.717) is 22.5 Å². The summed E-state index contributed by atoms with van der Waals surface area (Å²) in [7, 11) is -3.84. The van der Waals surface area contributed by atoms with Crippen molar-refractivity contribution < 1.29 is 13.3 Å². The average Bonchev–Trinajstić information content (AvgIpc) is 2.88. The lowest BCUT2D eigenvalue weighted by Crippen LogP contribution is -2.24. The predicted octanol–water partition coefficient (Wildman–Crippen LogP) is 3.24. The summed E-state index contributed by atoms with van der Waals surface area (Å²) >= 11 is 0. The number of nitro benzene ring substituents is 1. The van der Waals surface area contributed by atoms with Crippen molar-refractivity contribution in [2.24, 2.45) is 0 Å². The highest BCUT2D eigenvalue weighted by Crippen LogP contribution is 2.50. The SMILES string of the molecule is CC1=C(C#N)[C@H](c2cccc([N+](=O)[O-])c2)C2=C(N1)c1ccccc1S2(=O)=O. The molecule has 0 bridgehead atoms. The fourth-order valence-corrected chi connectivity index (χ4v) is 5.56. The highest BCUT2D eigenvalue weighted by Gasteiger charge is 2.45. The molecule has 2 aliphatic rings. The maximum Gasteiger partial charge on any atom is 0.269 e. The molecule has 0 fully saturated rings. The number of sulfone groups is 1. The van der Waals surface area contributed by atoms with E-state index in [4.69, 9.17) is 0 Å². The van der Waals surface area contributed by atoms with Crippen LogP contribution < -0.4 is 5.32 Å². The van der Waals surface area contributed by atoms with Gasteiger partial charge < -0.3 is 5.32 Å². The third-order valence-electron chi connectivity index (χ3n) is 4.78. The van der Waals surface area contributed by atoms with Gasteiger partial charge in [0.05, 0.1) is 38.0 Å². The van der Waals surface area contributed by atoms with Crippen LogP contribution in [0.1, 0.15) is 24.0 Å². The minimum atomic E-state index is -3.84. The number of allylic oxidation sites excluding steroid dienone is 3. The van der Waals surface area contributed by atoms with Crippen LogP contribution in [0.15, 0.2) is 69.6 Å². The standard InChI is InChI=1S/C19H13N3O4S/c1-11-15(10-20)17(12-5-4-6-13(9-12)22(23)24)19-18(21-11)14-7-2-3-8-16(14)27(19,25)26/h2-9,17,21H,1H3/t17-/m0/s1. The second kappa shape index (κ2) is 5.79. The first-order chi connectivity index (χ1) is 12.9. The average molecular weight is 379 g/mol. The molecule has 2 aromatic rings. The number of hydrogen-bond donors (Lipinski definition) is 1. The fraction of sp³-hybridized carbons (Fsp3) is 0.105. The van der Waals surface area contributed by atoms with Gasteiger partial charge in [0.1, 0.15) is 0 Å². The molecule has 4 rings (SSSR count). The van der Waals surface area contributed by atoms with Crippen LogP contribution in [0.3, 0.4) is 0 Å². The van der Waals surface area contributed by atoms with Gasteiger partial charge in [0.25, 0.3) is 5.69 Å². The van der Waals surface area contributed by atoms with Gasteiger partial charge in [-0.15, -0.1) is 0 Å². The molecule has 0 aliphatic carbocycles. The summed E-state index contributed by atoms with van der Waals surface area (Å²) in [6, 6.07) is 14.5. The van der Waals surface area contributed by atoms with Gasteiger partial charge in [0.15, 0.2) is 0 Å². The fourth-order valence-electron chi connectivity index (χ4n) is 3.61. The number of nitrogens with zero attached hydrogens (tertiary/aromatic N) is 2. The Morgan fingerprint density at radius 3 is 2.63 bits per heavy atom. The largest absolute Gasteiger partial charge is 0.357 e. The highest BCUT2D eigenvalue weighted by atomic mass is 32.2. The monoisotopic (exact) mass is 379 g/mol. The van der Waals surface area contributed by atoms with Crippen molar-refractivity contribution in [1.29, 1.82) is 5.26 Å². The summed E-state index contributed by atoms with van der Waals surface area (Å²) in [6.45, 7) is 1.69. The van der Waals surface area contributed by atoms with Gasteiger partial charge in [-0.1, -0.05) is 30.3 Å². The van der Waals surface area contributed by atoms with Crippen molar-refractivity contribution in [2.45, 2.75) is 17.7 Å². The number of benzene rings is 2.